The zero-order chi connectivity index (χ0) is 13.8. The Morgan fingerprint density at radius 1 is 0.895 bits per heavy atom. The predicted molar refractivity (Wildman–Crippen MR) is 74.0 cm³/mol. The first-order valence-corrected chi connectivity index (χ1v) is 5.87. The Kier molecular flexibility index (Phi) is 3.90. The van der Waals surface area contributed by atoms with Crippen molar-refractivity contribution in [1.29, 1.82) is 0 Å². The molecule has 2 rings (SSSR count). The van der Waals surface area contributed by atoms with Gasteiger partial charge in [0.1, 0.15) is 11.5 Å². The van der Waals surface area contributed by atoms with Crippen LogP contribution in [-0.2, 0) is 0 Å². The van der Waals surface area contributed by atoms with Gasteiger partial charge in [0.2, 0.25) is 0 Å². The fourth-order valence-electron chi connectivity index (χ4n) is 1.83. The van der Waals surface area contributed by atoms with E-state index in [1.807, 2.05) is 31.3 Å². The average molecular weight is 261 g/mol. The van der Waals surface area contributed by atoms with Crippen molar-refractivity contribution in [2.45, 2.75) is 0 Å². The predicted octanol–water partition coefficient (Wildman–Crippen LogP) is 3.61. The fraction of sp³-hybridized carbons (Fsp3) is 0.200. The van der Waals surface area contributed by atoms with Gasteiger partial charge in [-0.1, -0.05) is 0 Å². The normalized spacial score (nSPS) is 10.1. The minimum Gasteiger partial charge on any atom is -0.497 e. The molecule has 2 aromatic rings. The molecule has 0 aromatic heterocycles. The zero-order valence-corrected chi connectivity index (χ0v) is 11.2. The van der Waals surface area contributed by atoms with Crippen molar-refractivity contribution in [3.63, 3.8) is 0 Å². The maximum atomic E-state index is 14.0. The third kappa shape index (κ3) is 2.78. The molecular weight excluding hydrogens is 245 g/mol. The highest BCUT2D eigenvalue weighted by Crippen LogP contribution is 2.29. The lowest BCUT2D eigenvalue weighted by molar-refractivity contribution is 0.411. The average Bonchev–Trinajstić information content (AvgIpc) is 2.46. The Bertz CT molecular complexity index is 555. The molecule has 0 bridgehead atoms. The van der Waals surface area contributed by atoms with Crippen LogP contribution in [0.4, 0.5) is 15.8 Å². The molecule has 0 N–H and O–H groups in total. The van der Waals surface area contributed by atoms with Gasteiger partial charge in [0.25, 0.3) is 0 Å². The molecule has 0 spiro atoms. The standard InChI is InChI=1S/C15H16FNO2/c1-17(11-4-6-12(18-2)7-5-11)15-9-8-13(19-3)10-14(15)16/h4-10H,1-3H3. The van der Waals surface area contributed by atoms with Crippen LogP contribution < -0.4 is 14.4 Å². The van der Waals surface area contributed by atoms with Crippen LogP contribution in [0.25, 0.3) is 0 Å². The number of hydrogen-bond donors (Lipinski definition) is 0. The summed E-state index contributed by atoms with van der Waals surface area (Å²) < 4.78 is 24.1. The number of methoxy groups -OCH3 is 2. The molecular formula is C15H16FNO2. The van der Waals surface area contributed by atoms with E-state index in [2.05, 4.69) is 0 Å². The molecule has 0 radical (unpaired) electrons. The molecule has 0 unspecified atom stereocenters. The minimum atomic E-state index is -0.322. The summed E-state index contributed by atoms with van der Waals surface area (Å²) in [6.07, 6.45) is 0. The molecule has 0 amide bonds. The van der Waals surface area contributed by atoms with Crippen LogP contribution in [0, 0.1) is 5.82 Å². The van der Waals surface area contributed by atoms with E-state index in [-0.39, 0.29) is 5.82 Å². The fourth-order valence-corrected chi connectivity index (χ4v) is 1.83. The lowest BCUT2D eigenvalue weighted by atomic mass is 10.2. The highest BCUT2D eigenvalue weighted by molar-refractivity contribution is 5.64. The molecule has 19 heavy (non-hydrogen) atoms. The molecule has 0 aliphatic rings. The second kappa shape index (κ2) is 5.61. The van der Waals surface area contributed by atoms with Gasteiger partial charge in [0.15, 0.2) is 5.82 Å². The minimum absolute atomic E-state index is 0.322. The molecule has 0 saturated carbocycles. The number of benzene rings is 2. The van der Waals surface area contributed by atoms with Gasteiger partial charge >= 0.3 is 0 Å². The third-order valence-electron chi connectivity index (χ3n) is 2.98. The van der Waals surface area contributed by atoms with Gasteiger partial charge in [-0.15, -0.1) is 0 Å². The lowest BCUT2D eigenvalue weighted by Crippen LogP contribution is -2.11. The Morgan fingerprint density at radius 3 is 2.00 bits per heavy atom. The largest absolute Gasteiger partial charge is 0.497 e. The Balaban J connectivity index is 2.29. The summed E-state index contributed by atoms with van der Waals surface area (Å²) in [6, 6.07) is 12.2. The van der Waals surface area contributed by atoms with Crippen LogP contribution in [0.1, 0.15) is 0 Å². The summed E-state index contributed by atoms with van der Waals surface area (Å²) in [4.78, 5) is 1.77. The smallest absolute Gasteiger partial charge is 0.150 e. The van der Waals surface area contributed by atoms with Gasteiger partial charge in [-0.3, -0.25) is 0 Å². The highest BCUT2D eigenvalue weighted by atomic mass is 19.1. The molecule has 0 atom stereocenters. The number of rotatable bonds is 4. The molecule has 0 fully saturated rings. The van der Waals surface area contributed by atoms with E-state index >= 15 is 0 Å². The van der Waals surface area contributed by atoms with Gasteiger partial charge in [0.05, 0.1) is 19.9 Å². The van der Waals surface area contributed by atoms with E-state index < -0.39 is 0 Å². The van der Waals surface area contributed by atoms with E-state index in [0.29, 0.717) is 11.4 Å². The Hall–Kier alpha value is -2.23. The van der Waals surface area contributed by atoms with Crippen LogP contribution in [0.3, 0.4) is 0 Å². The lowest BCUT2D eigenvalue weighted by Gasteiger charge is -2.20. The maximum absolute atomic E-state index is 14.0. The van der Waals surface area contributed by atoms with Gasteiger partial charge in [-0.25, -0.2) is 4.39 Å². The Morgan fingerprint density at radius 2 is 1.47 bits per heavy atom. The number of nitrogens with zero attached hydrogens (tertiary/aromatic N) is 1. The second-order valence-corrected chi connectivity index (χ2v) is 4.07. The molecule has 2 aromatic carbocycles. The molecule has 0 aliphatic carbocycles. The summed E-state index contributed by atoms with van der Waals surface area (Å²) in [5, 5.41) is 0. The molecule has 0 heterocycles. The van der Waals surface area contributed by atoms with Crippen LogP contribution in [-0.4, -0.2) is 21.3 Å². The molecule has 0 aliphatic heterocycles. The number of halogens is 1. The number of anilines is 2. The maximum Gasteiger partial charge on any atom is 0.150 e. The first-order valence-electron chi connectivity index (χ1n) is 5.87. The van der Waals surface area contributed by atoms with Gasteiger partial charge in [0, 0.05) is 18.8 Å². The van der Waals surface area contributed by atoms with Gasteiger partial charge < -0.3 is 14.4 Å². The zero-order valence-electron chi connectivity index (χ0n) is 11.2. The Labute approximate surface area is 112 Å². The van der Waals surface area contributed by atoms with Crippen LogP contribution in [0.2, 0.25) is 0 Å². The number of ether oxygens (including phenoxy) is 2. The van der Waals surface area contributed by atoms with E-state index in [1.54, 1.807) is 24.1 Å². The number of hydrogen-bond acceptors (Lipinski definition) is 3. The van der Waals surface area contributed by atoms with Crippen LogP contribution in [0.5, 0.6) is 11.5 Å². The molecule has 0 saturated heterocycles. The van der Waals surface area contributed by atoms with Crippen molar-refractivity contribution < 1.29 is 13.9 Å². The summed E-state index contributed by atoms with van der Waals surface area (Å²) in [5.41, 5.74) is 1.37. The first-order chi connectivity index (χ1) is 9.15. The van der Waals surface area contributed by atoms with E-state index in [1.165, 1.54) is 13.2 Å². The quantitative estimate of drug-likeness (QED) is 0.839. The van der Waals surface area contributed by atoms with Crippen molar-refractivity contribution >= 4 is 11.4 Å². The van der Waals surface area contributed by atoms with E-state index in [9.17, 15) is 4.39 Å². The third-order valence-corrected chi connectivity index (χ3v) is 2.98. The monoisotopic (exact) mass is 261 g/mol. The summed E-state index contributed by atoms with van der Waals surface area (Å²) >= 11 is 0. The SMILES string of the molecule is COc1ccc(N(C)c2ccc(OC)cc2F)cc1. The molecule has 3 nitrogen and oxygen atoms in total. The van der Waals surface area contributed by atoms with Crippen LogP contribution >= 0.6 is 0 Å². The highest BCUT2D eigenvalue weighted by Gasteiger charge is 2.10. The first kappa shape index (κ1) is 13.2. The van der Waals surface area contributed by atoms with Gasteiger partial charge in [-0.05, 0) is 36.4 Å². The van der Waals surface area contributed by atoms with E-state index in [4.69, 9.17) is 9.47 Å². The van der Waals surface area contributed by atoms with Crippen molar-refractivity contribution in [2.24, 2.45) is 0 Å². The summed E-state index contributed by atoms with van der Waals surface area (Å²) in [7, 11) is 4.94. The van der Waals surface area contributed by atoms with Crippen molar-refractivity contribution in [1.82, 2.24) is 0 Å². The molecule has 4 heteroatoms. The topological polar surface area (TPSA) is 21.7 Å². The van der Waals surface area contributed by atoms with Gasteiger partial charge in [-0.2, -0.15) is 0 Å². The summed E-state index contributed by atoms with van der Waals surface area (Å²) in [6.45, 7) is 0. The summed E-state index contributed by atoms with van der Waals surface area (Å²) in [5.74, 6) is 0.953. The van der Waals surface area contributed by atoms with Crippen molar-refractivity contribution in [3.8, 4) is 11.5 Å². The van der Waals surface area contributed by atoms with Crippen molar-refractivity contribution in [3.05, 3.63) is 48.3 Å². The van der Waals surface area contributed by atoms with E-state index in [0.717, 1.165) is 11.4 Å². The molecule has 100 valence electrons. The van der Waals surface area contributed by atoms with Crippen molar-refractivity contribution in [2.75, 3.05) is 26.2 Å². The second-order valence-electron chi connectivity index (χ2n) is 4.07. The van der Waals surface area contributed by atoms with Crippen LogP contribution in [0.15, 0.2) is 42.5 Å².